The number of rotatable bonds is 6. The van der Waals surface area contributed by atoms with Crippen LogP contribution in [0.3, 0.4) is 0 Å². The summed E-state index contributed by atoms with van der Waals surface area (Å²) in [6.07, 6.45) is 1.90. The number of anilines is 4. The Bertz CT molecular complexity index is 1160. The Morgan fingerprint density at radius 2 is 1.93 bits per heavy atom. The van der Waals surface area contributed by atoms with Gasteiger partial charge >= 0.3 is 0 Å². The molecule has 6 nitrogen and oxygen atoms in total. The van der Waals surface area contributed by atoms with E-state index in [4.69, 9.17) is 16.2 Å². The van der Waals surface area contributed by atoms with Gasteiger partial charge in [0.25, 0.3) is 0 Å². The molecule has 5 N–H and O–H groups in total. The zero-order valence-corrected chi connectivity index (χ0v) is 17.9. The smallest absolute Gasteiger partial charge is 0.160 e. The van der Waals surface area contributed by atoms with Gasteiger partial charge < -0.3 is 21.5 Å². The van der Waals surface area contributed by atoms with Crippen LogP contribution < -0.4 is 16.1 Å². The van der Waals surface area contributed by atoms with E-state index >= 15 is 0 Å². The minimum Gasteiger partial charge on any atom is -0.399 e. The summed E-state index contributed by atoms with van der Waals surface area (Å²) in [6.45, 7) is 0. The fourth-order valence-corrected chi connectivity index (χ4v) is 4.27. The normalized spacial score (nSPS) is 11.2. The molecule has 3 aromatic carbocycles. The molecule has 0 aliphatic carbocycles. The van der Waals surface area contributed by atoms with E-state index in [0.29, 0.717) is 12.1 Å². The van der Waals surface area contributed by atoms with E-state index in [0.717, 1.165) is 39.3 Å². The third-order valence-electron chi connectivity index (χ3n) is 4.35. The van der Waals surface area contributed by atoms with Crippen LogP contribution in [0.25, 0.3) is 16.6 Å². The summed E-state index contributed by atoms with van der Waals surface area (Å²) in [5.41, 5.74) is 11.2. The van der Waals surface area contributed by atoms with E-state index < -0.39 is 0 Å². The largest absolute Gasteiger partial charge is 0.399 e. The molecule has 1 atom stereocenters. The third kappa shape index (κ3) is 3.68. The lowest BCUT2D eigenvalue weighted by Crippen LogP contribution is -1.99. The maximum Gasteiger partial charge on any atom is 0.160 e. The molecule has 0 amide bonds. The van der Waals surface area contributed by atoms with Crippen molar-refractivity contribution in [3.8, 4) is 5.69 Å². The molecule has 0 aliphatic heterocycles. The van der Waals surface area contributed by atoms with Crippen molar-refractivity contribution in [2.75, 3.05) is 16.1 Å². The van der Waals surface area contributed by atoms with Crippen LogP contribution in [0.15, 0.2) is 66.7 Å². The van der Waals surface area contributed by atoms with Gasteiger partial charge in [0.05, 0.1) is 11.2 Å². The summed E-state index contributed by atoms with van der Waals surface area (Å²) in [5.74, 6) is 0.755. The number of nitrogens with two attached hydrogens (primary N) is 1. The number of hydrogen-bond acceptors (Lipinski definition) is 5. The summed E-state index contributed by atoms with van der Waals surface area (Å²) in [7, 11) is 0. The number of hydrogen-bond donors (Lipinski definition) is 4. The molecule has 0 spiro atoms. The number of benzene rings is 3. The van der Waals surface area contributed by atoms with Crippen molar-refractivity contribution in [2.45, 2.75) is 0 Å². The number of nitrogen functional groups attached to an aromatic ring is 1. The molecule has 8 heteroatoms. The number of nitrogens with one attached hydrogen (secondary N) is 3. The Labute approximate surface area is 177 Å². The van der Waals surface area contributed by atoms with Crippen LogP contribution in [-0.2, 0) is 0 Å². The van der Waals surface area contributed by atoms with Crippen molar-refractivity contribution in [3.05, 3.63) is 72.3 Å². The Morgan fingerprint density at radius 3 is 2.71 bits per heavy atom. The van der Waals surface area contributed by atoms with Gasteiger partial charge in [0, 0.05) is 40.6 Å². The molecule has 4 rings (SSSR count). The molecule has 0 aliphatic rings. The fraction of sp³-hybridized carbons (Fsp3) is 0. The van der Waals surface area contributed by atoms with E-state index in [-0.39, 0.29) is 0 Å². The van der Waals surface area contributed by atoms with E-state index in [9.17, 15) is 0 Å². The average molecular weight is 500 g/mol. The van der Waals surface area contributed by atoms with Crippen molar-refractivity contribution in [1.82, 2.24) is 9.78 Å². The molecule has 28 heavy (non-hydrogen) atoms. The maximum absolute atomic E-state index is 7.68. The van der Waals surface area contributed by atoms with E-state index in [2.05, 4.69) is 32.4 Å². The van der Waals surface area contributed by atoms with Gasteiger partial charge in [-0.3, -0.25) is 0 Å². The first-order valence-corrected chi connectivity index (χ1v) is 12.7. The second-order valence-electron chi connectivity index (χ2n) is 6.16. The van der Waals surface area contributed by atoms with Crippen LogP contribution in [0, 0.1) is 5.41 Å². The predicted octanol–water partition coefficient (Wildman–Crippen LogP) is 5.70. The van der Waals surface area contributed by atoms with Crippen molar-refractivity contribution in [3.63, 3.8) is 0 Å². The Balaban J connectivity index is 1.77. The predicted molar refractivity (Wildman–Crippen MR) is 129 cm³/mol. The zero-order chi connectivity index (χ0) is 19.5. The average Bonchev–Trinajstić information content (AvgIpc) is 3.08. The highest BCUT2D eigenvalue weighted by molar-refractivity contribution is 14.2. The standard InChI is InChI=1S/C20H18IN6P/c21-28-26-18-9-8-15(10-13(18)12-22)24-20-17-6-1-2-7-19(17)27(25-20)16-5-3-4-14(23)11-16/h1-12,22,26,28H,23H2,(H,24,25). The van der Waals surface area contributed by atoms with Crippen LogP contribution in [-0.4, -0.2) is 16.0 Å². The van der Waals surface area contributed by atoms with Crippen molar-refractivity contribution in [2.24, 2.45) is 0 Å². The van der Waals surface area contributed by atoms with Crippen LogP contribution in [0.1, 0.15) is 5.56 Å². The van der Waals surface area contributed by atoms with Gasteiger partial charge in [-0.2, -0.15) is 0 Å². The summed E-state index contributed by atoms with van der Waals surface area (Å²) in [6, 6.07) is 21.6. The third-order valence-corrected chi connectivity index (χ3v) is 5.53. The van der Waals surface area contributed by atoms with Crippen molar-refractivity contribution in [1.29, 1.82) is 5.41 Å². The second kappa shape index (κ2) is 8.16. The number of aromatic nitrogens is 2. The molecule has 1 heterocycles. The second-order valence-corrected chi connectivity index (χ2v) is 8.22. The highest BCUT2D eigenvalue weighted by Gasteiger charge is 2.12. The molecule has 0 fully saturated rings. The highest BCUT2D eigenvalue weighted by atomic mass is 127. The van der Waals surface area contributed by atoms with Crippen LogP contribution >= 0.6 is 28.4 Å². The molecule has 140 valence electrons. The van der Waals surface area contributed by atoms with Gasteiger partial charge in [-0.1, -0.05) is 18.2 Å². The lowest BCUT2D eigenvalue weighted by molar-refractivity contribution is 0.915. The van der Waals surface area contributed by atoms with Gasteiger partial charge in [-0.25, -0.2) is 4.68 Å². The Morgan fingerprint density at radius 1 is 1.07 bits per heavy atom. The Hall–Kier alpha value is -2.64. The number of para-hydroxylation sites is 1. The zero-order valence-electron chi connectivity index (χ0n) is 14.8. The molecule has 0 bridgehead atoms. The summed E-state index contributed by atoms with van der Waals surface area (Å²) < 4.78 is 1.89. The van der Waals surface area contributed by atoms with Crippen LogP contribution in [0.5, 0.6) is 0 Å². The quantitative estimate of drug-likeness (QED) is 0.118. The minimum absolute atomic E-state index is 0.548. The molecular weight excluding hydrogens is 482 g/mol. The summed E-state index contributed by atoms with van der Waals surface area (Å²) in [4.78, 5) is 0. The van der Waals surface area contributed by atoms with E-state index in [1.165, 1.54) is 6.21 Å². The number of nitrogens with zero attached hydrogens (tertiary/aromatic N) is 2. The van der Waals surface area contributed by atoms with Gasteiger partial charge in [-0.05, 0) is 70.6 Å². The summed E-state index contributed by atoms with van der Waals surface area (Å²) >= 11 is 2.28. The SMILES string of the molecule is N=Cc1cc(Nc2nn(-c3cccc(N)c3)c3ccccc23)ccc1NPI. The lowest BCUT2D eigenvalue weighted by Gasteiger charge is -2.10. The van der Waals surface area contributed by atoms with Gasteiger partial charge in [0.15, 0.2) is 5.82 Å². The number of fused-ring (bicyclic) bond motifs is 1. The minimum atomic E-state index is 0.548. The monoisotopic (exact) mass is 500 g/mol. The number of halogens is 1. The molecule has 0 saturated heterocycles. The maximum atomic E-state index is 7.68. The van der Waals surface area contributed by atoms with Crippen LogP contribution in [0.2, 0.25) is 0 Å². The molecular formula is C20H18IN6P. The summed E-state index contributed by atoms with van der Waals surface area (Å²) in [5, 5.41) is 20.2. The van der Waals surface area contributed by atoms with Crippen molar-refractivity contribution >= 4 is 68.4 Å². The Kier molecular flexibility index (Phi) is 5.45. The molecule has 1 aromatic heterocycles. The molecule has 0 radical (unpaired) electrons. The van der Waals surface area contributed by atoms with Gasteiger partial charge in [0.1, 0.15) is 0 Å². The lowest BCUT2D eigenvalue weighted by atomic mass is 10.1. The topological polar surface area (TPSA) is 91.8 Å². The van der Waals surface area contributed by atoms with Crippen LogP contribution in [0.4, 0.5) is 22.9 Å². The first kappa shape index (κ1) is 18.7. The molecule has 4 aromatic rings. The van der Waals surface area contributed by atoms with Gasteiger partial charge in [0.2, 0.25) is 0 Å². The fourth-order valence-electron chi connectivity index (χ4n) is 3.07. The molecule has 1 unspecified atom stereocenters. The first-order valence-electron chi connectivity index (χ1n) is 8.56. The van der Waals surface area contributed by atoms with E-state index in [1.807, 2.05) is 71.4 Å². The first-order chi connectivity index (χ1) is 13.7. The van der Waals surface area contributed by atoms with E-state index in [1.54, 1.807) is 0 Å². The molecule has 0 saturated carbocycles. The van der Waals surface area contributed by atoms with Crippen molar-refractivity contribution < 1.29 is 0 Å². The highest BCUT2D eigenvalue weighted by Crippen LogP contribution is 2.31. The van der Waals surface area contributed by atoms with Gasteiger partial charge in [-0.15, -0.1) is 5.10 Å².